The van der Waals surface area contributed by atoms with Crippen molar-refractivity contribution < 1.29 is 0 Å². The molecule has 0 bridgehead atoms. The van der Waals surface area contributed by atoms with Gasteiger partial charge in [0, 0.05) is 32.7 Å². The summed E-state index contributed by atoms with van der Waals surface area (Å²) in [6.45, 7) is 21.1. The average molecular weight is 413 g/mol. The van der Waals surface area contributed by atoms with Crippen LogP contribution in [0.15, 0.2) is 48.5 Å². The normalized spacial score (nSPS) is 14.3. The van der Waals surface area contributed by atoms with Crippen LogP contribution in [0.5, 0.6) is 0 Å². The monoisotopic (exact) mass is 412 g/mol. The van der Waals surface area contributed by atoms with Crippen LogP contribution in [0.25, 0.3) is 0 Å². The fourth-order valence-corrected chi connectivity index (χ4v) is 3.42. The van der Waals surface area contributed by atoms with E-state index in [0.717, 1.165) is 6.54 Å². The number of benzene rings is 2. The van der Waals surface area contributed by atoms with Crippen LogP contribution >= 0.6 is 0 Å². The van der Waals surface area contributed by atoms with Gasteiger partial charge in [-0.15, -0.1) is 0 Å². The maximum Gasteiger partial charge on any atom is 0.0235 e. The van der Waals surface area contributed by atoms with Crippen molar-refractivity contribution in [1.29, 1.82) is 0 Å². The van der Waals surface area contributed by atoms with Crippen LogP contribution in [0.3, 0.4) is 0 Å². The summed E-state index contributed by atoms with van der Waals surface area (Å²) in [6.07, 6.45) is 0. The van der Waals surface area contributed by atoms with Gasteiger partial charge in [-0.1, -0.05) is 103 Å². The van der Waals surface area contributed by atoms with Crippen molar-refractivity contribution in [2.45, 2.75) is 74.3 Å². The van der Waals surface area contributed by atoms with Gasteiger partial charge in [-0.05, 0) is 42.5 Å². The Balaban J connectivity index is 0.000000594. The lowest BCUT2D eigenvalue weighted by Crippen LogP contribution is -2.43. The van der Waals surface area contributed by atoms with Gasteiger partial charge < -0.3 is 4.90 Å². The molecule has 0 aliphatic carbocycles. The van der Waals surface area contributed by atoms with Gasteiger partial charge in [-0.25, -0.2) is 0 Å². The second kappa shape index (κ2) is 15.2. The molecular weight excluding hydrogens is 364 g/mol. The van der Waals surface area contributed by atoms with Gasteiger partial charge >= 0.3 is 0 Å². The molecule has 0 aromatic heterocycles. The predicted octanol–water partition coefficient (Wildman–Crippen LogP) is 7.34. The molecule has 0 atom stereocenters. The summed E-state index contributed by atoms with van der Waals surface area (Å²) in [4.78, 5) is 4.98. The molecule has 0 saturated carbocycles. The van der Waals surface area contributed by atoms with E-state index >= 15 is 0 Å². The maximum atomic E-state index is 2.57. The van der Waals surface area contributed by atoms with Crippen LogP contribution in [0.2, 0.25) is 0 Å². The average Bonchev–Trinajstić information content (AvgIpc) is 2.72. The van der Waals surface area contributed by atoms with E-state index < -0.39 is 0 Å². The Morgan fingerprint density at radius 2 is 1.30 bits per heavy atom. The number of aryl methyl sites for hydroxylation is 1. The van der Waals surface area contributed by atoms with E-state index in [1.807, 2.05) is 19.9 Å². The van der Waals surface area contributed by atoms with Crippen LogP contribution in [-0.2, 0) is 6.54 Å². The molecule has 0 amide bonds. The Kier molecular flexibility index (Phi) is 14.4. The second-order valence-corrected chi connectivity index (χ2v) is 8.55. The molecule has 0 spiro atoms. The molecule has 0 unspecified atom stereocenters. The number of likely N-dealkylation sites (N-methyl/N-ethyl adjacent to an activating group) is 1. The Morgan fingerprint density at radius 1 is 0.767 bits per heavy atom. The SMILES string of the molecule is C.CC.CC(C)c1ccccc1.Cc1cc(CN2CCN(C)CC2)cc(C(C)C)c1. The third-order valence-corrected chi connectivity index (χ3v) is 5.29. The summed E-state index contributed by atoms with van der Waals surface area (Å²) in [5.74, 6) is 1.28. The molecule has 2 nitrogen and oxygen atoms in total. The first-order valence-corrected chi connectivity index (χ1v) is 11.4. The molecule has 0 N–H and O–H groups in total. The van der Waals surface area contributed by atoms with Gasteiger partial charge in [0.1, 0.15) is 0 Å². The van der Waals surface area contributed by atoms with Gasteiger partial charge in [0.25, 0.3) is 0 Å². The van der Waals surface area contributed by atoms with E-state index in [9.17, 15) is 0 Å². The van der Waals surface area contributed by atoms with Crippen molar-refractivity contribution in [3.05, 3.63) is 70.8 Å². The third kappa shape index (κ3) is 10.4. The number of hydrogen-bond donors (Lipinski definition) is 0. The summed E-state index contributed by atoms with van der Waals surface area (Å²) in [5.41, 5.74) is 5.75. The highest BCUT2D eigenvalue weighted by molar-refractivity contribution is 5.31. The van der Waals surface area contributed by atoms with Crippen LogP contribution in [0.1, 0.15) is 83.1 Å². The Hall–Kier alpha value is -1.64. The molecule has 1 saturated heterocycles. The lowest BCUT2D eigenvalue weighted by atomic mass is 9.98. The lowest BCUT2D eigenvalue weighted by molar-refractivity contribution is 0.148. The fourth-order valence-electron chi connectivity index (χ4n) is 3.42. The van der Waals surface area contributed by atoms with Gasteiger partial charge in [0.2, 0.25) is 0 Å². The minimum atomic E-state index is 0. The Labute approximate surface area is 188 Å². The first kappa shape index (κ1) is 28.4. The summed E-state index contributed by atoms with van der Waals surface area (Å²) in [5, 5.41) is 0. The minimum absolute atomic E-state index is 0. The topological polar surface area (TPSA) is 6.48 Å². The summed E-state index contributed by atoms with van der Waals surface area (Å²) in [6, 6.07) is 17.6. The van der Waals surface area contributed by atoms with Crippen LogP contribution < -0.4 is 0 Å². The van der Waals surface area contributed by atoms with E-state index in [-0.39, 0.29) is 7.43 Å². The number of hydrogen-bond acceptors (Lipinski definition) is 2. The molecule has 3 rings (SSSR count). The minimum Gasteiger partial charge on any atom is -0.304 e. The van der Waals surface area contributed by atoms with E-state index in [0.29, 0.717) is 11.8 Å². The molecule has 1 heterocycles. The van der Waals surface area contributed by atoms with Gasteiger partial charge in [-0.2, -0.15) is 0 Å². The van der Waals surface area contributed by atoms with Crippen molar-refractivity contribution in [1.82, 2.24) is 9.80 Å². The molecule has 170 valence electrons. The second-order valence-electron chi connectivity index (χ2n) is 8.55. The van der Waals surface area contributed by atoms with Crippen LogP contribution in [0, 0.1) is 6.92 Å². The van der Waals surface area contributed by atoms with E-state index in [1.54, 1.807) is 0 Å². The van der Waals surface area contributed by atoms with Gasteiger partial charge in [0.05, 0.1) is 0 Å². The molecule has 1 fully saturated rings. The van der Waals surface area contributed by atoms with Gasteiger partial charge in [-0.3, -0.25) is 4.90 Å². The van der Waals surface area contributed by atoms with Crippen molar-refractivity contribution in [2.75, 3.05) is 33.2 Å². The number of nitrogens with zero attached hydrogens (tertiary/aromatic N) is 2. The highest BCUT2D eigenvalue weighted by atomic mass is 15.2. The lowest BCUT2D eigenvalue weighted by Gasteiger charge is -2.32. The van der Waals surface area contributed by atoms with Crippen LogP contribution in [0.4, 0.5) is 0 Å². The largest absolute Gasteiger partial charge is 0.304 e. The molecule has 1 aliphatic rings. The van der Waals surface area contributed by atoms with Crippen molar-refractivity contribution in [2.24, 2.45) is 0 Å². The fraction of sp³-hybridized carbons (Fsp3) is 0.571. The van der Waals surface area contributed by atoms with Crippen molar-refractivity contribution in [3.63, 3.8) is 0 Å². The van der Waals surface area contributed by atoms with Gasteiger partial charge in [0.15, 0.2) is 0 Å². The molecule has 2 aromatic rings. The Morgan fingerprint density at radius 3 is 1.77 bits per heavy atom. The number of rotatable bonds is 4. The molecular formula is C28H48N2. The quantitative estimate of drug-likeness (QED) is 0.518. The van der Waals surface area contributed by atoms with E-state index in [4.69, 9.17) is 0 Å². The smallest absolute Gasteiger partial charge is 0.0235 e. The highest BCUT2D eigenvalue weighted by Crippen LogP contribution is 2.19. The molecule has 2 aromatic carbocycles. The molecule has 0 radical (unpaired) electrons. The standard InChI is InChI=1S/C16H26N2.C9H12.C2H6.CH4/c1-13(2)16-10-14(3)9-15(11-16)12-18-7-5-17(4)6-8-18;1-8(2)9-6-4-3-5-7-9;1-2;/h9-11,13H,5-8,12H2,1-4H3;3-8H,1-2H3;1-2H3;1H4. The maximum absolute atomic E-state index is 2.57. The zero-order valence-electron chi connectivity index (χ0n) is 20.2. The Bertz CT molecular complexity index is 668. The molecule has 2 heteroatoms. The molecule has 1 aliphatic heterocycles. The predicted molar refractivity (Wildman–Crippen MR) is 137 cm³/mol. The summed E-state index contributed by atoms with van der Waals surface area (Å²) < 4.78 is 0. The third-order valence-electron chi connectivity index (χ3n) is 5.29. The first-order chi connectivity index (χ1) is 13.8. The summed E-state index contributed by atoms with van der Waals surface area (Å²) in [7, 11) is 2.21. The van der Waals surface area contributed by atoms with Crippen molar-refractivity contribution >= 4 is 0 Å². The zero-order chi connectivity index (χ0) is 21.8. The number of piperazine rings is 1. The highest BCUT2D eigenvalue weighted by Gasteiger charge is 2.14. The summed E-state index contributed by atoms with van der Waals surface area (Å²) >= 11 is 0. The molecule has 30 heavy (non-hydrogen) atoms. The zero-order valence-corrected chi connectivity index (χ0v) is 20.2. The first-order valence-electron chi connectivity index (χ1n) is 11.4. The van der Waals surface area contributed by atoms with E-state index in [2.05, 4.69) is 93.9 Å². The van der Waals surface area contributed by atoms with Crippen LogP contribution in [-0.4, -0.2) is 43.0 Å². The van der Waals surface area contributed by atoms with Crippen molar-refractivity contribution in [3.8, 4) is 0 Å². The van der Waals surface area contributed by atoms with E-state index in [1.165, 1.54) is 48.4 Å².